The Labute approximate surface area is 107 Å². The third-order valence-electron chi connectivity index (χ3n) is 2.08. The Bertz CT molecular complexity index is 440. The van der Waals surface area contributed by atoms with E-state index in [1.807, 2.05) is 20.8 Å². The van der Waals surface area contributed by atoms with Crippen molar-refractivity contribution in [2.45, 2.75) is 46.2 Å². The molecule has 0 radical (unpaired) electrons. The topological polar surface area (TPSA) is 87.1 Å². The molecular weight excluding hydrogens is 232 g/mol. The van der Waals surface area contributed by atoms with Gasteiger partial charge in [-0.15, -0.1) is 0 Å². The van der Waals surface area contributed by atoms with Crippen molar-refractivity contribution < 1.29 is 9.90 Å². The minimum atomic E-state index is -0.920. The Balaban J connectivity index is 2.90. The number of nitrogens with one attached hydrogen (secondary N) is 2. The Morgan fingerprint density at radius 1 is 1.33 bits per heavy atom. The van der Waals surface area contributed by atoms with Gasteiger partial charge >= 0.3 is 5.97 Å². The predicted octanol–water partition coefficient (Wildman–Crippen LogP) is 1.88. The van der Waals surface area contributed by atoms with Gasteiger partial charge in [-0.2, -0.15) is 0 Å². The lowest BCUT2D eigenvalue weighted by Crippen LogP contribution is -2.28. The first-order chi connectivity index (χ1) is 8.17. The van der Waals surface area contributed by atoms with Crippen molar-refractivity contribution in [3.63, 3.8) is 0 Å². The number of nitrogens with zero attached hydrogens (tertiary/aromatic N) is 2. The van der Waals surface area contributed by atoms with Gasteiger partial charge in [0.1, 0.15) is 23.5 Å². The van der Waals surface area contributed by atoms with Gasteiger partial charge in [-0.05, 0) is 34.6 Å². The third kappa shape index (κ3) is 4.57. The molecule has 1 unspecified atom stereocenters. The Morgan fingerprint density at radius 2 is 1.89 bits per heavy atom. The molecule has 1 aromatic rings. The van der Waals surface area contributed by atoms with Crippen LogP contribution in [0, 0.1) is 6.92 Å². The molecule has 0 aliphatic carbocycles. The van der Waals surface area contributed by atoms with Gasteiger partial charge in [0.15, 0.2) is 0 Å². The van der Waals surface area contributed by atoms with Crippen LogP contribution < -0.4 is 10.6 Å². The molecule has 0 aliphatic rings. The van der Waals surface area contributed by atoms with Crippen molar-refractivity contribution >= 4 is 17.6 Å². The molecule has 100 valence electrons. The normalized spacial score (nSPS) is 12.9. The molecule has 0 fully saturated rings. The smallest absolute Gasteiger partial charge is 0.325 e. The molecule has 0 bridgehead atoms. The van der Waals surface area contributed by atoms with Crippen molar-refractivity contribution in [1.29, 1.82) is 0 Å². The number of aromatic nitrogens is 2. The van der Waals surface area contributed by atoms with E-state index in [0.717, 1.165) is 0 Å². The van der Waals surface area contributed by atoms with Crippen molar-refractivity contribution in [3.05, 3.63) is 11.9 Å². The number of carboxylic acid groups (broad SMARTS) is 1. The first-order valence-corrected chi connectivity index (χ1v) is 5.80. The molecule has 1 heterocycles. The van der Waals surface area contributed by atoms with Crippen LogP contribution in [0.4, 0.5) is 11.6 Å². The van der Waals surface area contributed by atoms with Crippen molar-refractivity contribution in [1.82, 2.24) is 9.97 Å². The van der Waals surface area contributed by atoms with Crippen LogP contribution in [0.15, 0.2) is 6.07 Å². The second-order valence-corrected chi connectivity index (χ2v) is 5.26. The lowest BCUT2D eigenvalue weighted by molar-refractivity contribution is -0.137. The number of carbonyl (C=O) groups is 1. The van der Waals surface area contributed by atoms with E-state index in [1.165, 1.54) is 0 Å². The standard InChI is InChI=1S/C12H20N4O2/c1-7(11(17)18)13-9-6-10(15-8(2)14-9)16-12(3,4)5/h6-7H,1-5H3,(H,17,18)(H2,13,14,15,16). The zero-order chi connectivity index (χ0) is 13.9. The van der Waals surface area contributed by atoms with E-state index < -0.39 is 12.0 Å². The van der Waals surface area contributed by atoms with Crippen molar-refractivity contribution in [3.8, 4) is 0 Å². The molecular formula is C12H20N4O2. The van der Waals surface area contributed by atoms with Crippen LogP contribution in [0.1, 0.15) is 33.5 Å². The van der Waals surface area contributed by atoms with E-state index in [2.05, 4.69) is 20.6 Å². The van der Waals surface area contributed by atoms with Gasteiger partial charge in [0.2, 0.25) is 0 Å². The first kappa shape index (κ1) is 14.2. The summed E-state index contributed by atoms with van der Waals surface area (Å²) in [5, 5.41) is 14.9. The van der Waals surface area contributed by atoms with Crippen molar-refractivity contribution in [2.75, 3.05) is 10.6 Å². The number of anilines is 2. The van der Waals surface area contributed by atoms with Crippen LogP contribution in [-0.2, 0) is 4.79 Å². The summed E-state index contributed by atoms with van der Waals surface area (Å²) < 4.78 is 0. The summed E-state index contributed by atoms with van der Waals surface area (Å²) in [6.45, 7) is 9.41. The van der Waals surface area contributed by atoms with Gasteiger partial charge in [0.25, 0.3) is 0 Å². The maximum Gasteiger partial charge on any atom is 0.325 e. The quantitative estimate of drug-likeness (QED) is 0.758. The number of carboxylic acids is 1. The minimum absolute atomic E-state index is 0.115. The number of aliphatic carboxylic acids is 1. The SMILES string of the molecule is Cc1nc(NC(C)C(=O)O)cc(NC(C)(C)C)n1. The molecule has 0 saturated carbocycles. The fraction of sp³-hybridized carbons (Fsp3) is 0.583. The van der Waals surface area contributed by atoms with Gasteiger partial charge < -0.3 is 15.7 Å². The lowest BCUT2D eigenvalue weighted by Gasteiger charge is -2.22. The summed E-state index contributed by atoms with van der Waals surface area (Å²) in [5.74, 6) is 0.847. The molecule has 0 amide bonds. The highest BCUT2D eigenvalue weighted by atomic mass is 16.4. The average molecular weight is 252 g/mol. The summed E-state index contributed by atoms with van der Waals surface area (Å²) in [7, 11) is 0. The van der Waals surface area contributed by atoms with Gasteiger partial charge in [-0.25, -0.2) is 9.97 Å². The highest BCUT2D eigenvalue weighted by Crippen LogP contribution is 2.16. The van der Waals surface area contributed by atoms with Crippen LogP contribution in [0.3, 0.4) is 0 Å². The molecule has 6 heteroatoms. The van der Waals surface area contributed by atoms with Gasteiger partial charge in [0, 0.05) is 11.6 Å². The Morgan fingerprint density at radius 3 is 2.39 bits per heavy atom. The van der Waals surface area contributed by atoms with E-state index >= 15 is 0 Å². The summed E-state index contributed by atoms with van der Waals surface area (Å²) >= 11 is 0. The fourth-order valence-corrected chi connectivity index (χ4v) is 1.37. The Hall–Kier alpha value is -1.85. The van der Waals surface area contributed by atoms with Crippen LogP contribution in [0.2, 0.25) is 0 Å². The molecule has 18 heavy (non-hydrogen) atoms. The highest BCUT2D eigenvalue weighted by Gasteiger charge is 2.14. The molecule has 1 rings (SSSR count). The zero-order valence-corrected chi connectivity index (χ0v) is 11.4. The molecule has 1 atom stereocenters. The summed E-state index contributed by atoms with van der Waals surface area (Å²) in [6, 6.07) is 1.01. The van der Waals surface area contributed by atoms with Gasteiger partial charge in [-0.3, -0.25) is 4.79 Å². The Kier molecular flexibility index (Phi) is 4.11. The second kappa shape index (κ2) is 5.20. The van der Waals surface area contributed by atoms with Crippen LogP contribution in [0.5, 0.6) is 0 Å². The molecule has 0 spiro atoms. The maximum absolute atomic E-state index is 10.8. The molecule has 3 N–H and O–H groups in total. The number of hydrogen-bond acceptors (Lipinski definition) is 5. The maximum atomic E-state index is 10.8. The van der Waals surface area contributed by atoms with Gasteiger partial charge in [0.05, 0.1) is 0 Å². The first-order valence-electron chi connectivity index (χ1n) is 5.80. The zero-order valence-electron chi connectivity index (χ0n) is 11.4. The highest BCUT2D eigenvalue weighted by molar-refractivity contribution is 5.76. The summed E-state index contributed by atoms with van der Waals surface area (Å²) in [6.07, 6.45) is 0. The summed E-state index contributed by atoms with van der Waals surface area (Å²) in [5.41, 5.74) is -0.115. The van der Waals surface area contributed by atoms with E-state index in [-0.39, 0.29) is 5.54 Å². The summed E-state index contributed by atoms with van der Waals surface area (Å²) in [4.78, 5) is 19.2. The van der Waals surface area contributed by atoms with Crippen LogP contribution >= 0.6 is 0 Å². The lowest BCUT2D eigenvalue weighted by atomic mass is 10.1. The third-order valence-corrected chi connectivity index (χ3v) is 2.08. The minimum Gasteiger partial charge on any atom is -0.480 e. The number of rotatable bonds is 4. The monoisotopic (exact) mass is 252 g/mol. The number of hydrogen-bond donors (Lipinski definition) is 3. The van der Waals surface area contributed by atoms with E-state index in [0.29, 0.717) is 17.5 Å². The van der Waals surface area contributed by atoms with Crippen molar-refractivity contribution in [2.24, 2.45) is 0 Å². The van der Waals surface area contributed by atoms with Gasteiger partial charge in [-0.1, -0.05) is 0 Å². The molecule has 0 saturated heterocycles. The molecule has 6 nitrogen and oxygen atoms in total. The molecule has 1 aromatic heterocycles. The van der Waals surface area contributed by atoms with Crippen LogP contribution in [0.25, 0.3) is 0 Å². The van der Waals surface area contributed by atoms with Crippen LogP contribution in [-0.4, -0.2) is 32.6 Å². The molecule has 0 aromatic carbocycles. The van der Waals surface area contributed by atoms with E-state index in [9.17, 15) is 4.79 Å². The number of aryl methyl sites for hydroxylation is 1. The fourth-order valence-electron chi connectivity index (χ4n) is 1.37. The molecule has 0 aliphatic heterocycles. The van der Waals surface area contributed by atoms with E-state index in [4.69, 9.17) is 5.11 Å². The average Bonchev–Trinajstić information content (AvgIpc) is 2.12. The largest absolute Gasteiger partial charge is 0.480 e. The predicted molar refractivity (Wildman–Crippen MR) is 70.9 cm³/mol. The van der Waals surface area contributed by atoms with E-state index in [1.54, 1.807) is 19.9 Å². The second-order valence-electron chi connectivity index (χ2n) is 5.26.